The normalized spacial score (nSPS) is 20.5. The van der Waals surface area contributed by atoms with Crippen molar-refractivity contribution in [2.75, 3.05) is 13.1 Å². The van der Waals surface area contributed by atoms with Crippen LogP contribution < -0.4 is 10.6 Å². The van der Waals surface area contributed by atoms with Gasteiger partial charge in [-0.3, -0.25) is 4.99 Å². The van der Waals surface area contributed by atoms with Crippen LogP contribution in [0.15, 0.2) is 4.99 Å². The molecule has 0 bridgehead atoms. The highest BCUT2D eigenvalue weighted by molar-refractivity contribution is 14.0. The Morgan fingerprint density at radius 2 is 2.14 bits per heavy atom. The summed E-state index contributed by atoms with van der Waals surface area (Å²) in [7, 11) is 0. The molecule has 2 unspecified atom stereocenters. The molecule has 22 heavy (non-hydrogen) atoms. The number of aliphatic imine (C=N–C) groups is 1. The van der Waals surface area contributed by atoms with E-state index in [-0.39, 0.29) is 24.0 Å². The third kappa shape index (κ3) is 6.02. The summed E-state index contributed by atoms with van der Waals surface area (Å²) in [6, 6.07) is 0.632. The predicted octanol–water partition coefficient (Wildman–Crippen LogP) is 3.66. The van der Waals surface area contributed by atoms with Crippen LogP contribution >= 0.6 is 35.3 Å². The molecule has 2 rings (SSSR count). The summed E-state index contributed by atoms with van der Waals surface area (Å²) < 4.78 is 0. The molecule has 0 aromatic carbocycles. The van der Waals surface area contributed by atoms with Crippen LogP contribution in [0.4, 0.5) is 0 Å². The van der Waals surface area contributed by atoms with E-state index in [1.165, 1.54) is 29.1 Å². The van der Waals surface area contributed by atoms with Crippen molar-refractivity contribution >= 4 is 41.3 Å². The standard InChI is InChI=1S/C16H28N4S.HI/c1-5-7-13-10-14(13)20-16(17-6-2)18-9-8-15-19-11(3)12(4)21-15;/h13-14H,5-10H2,1-4H3,(H2,17,18,20);1H. The van der Waals surface area contributed by atoms with Gasteiger partial charge in [0.05, 0.1) is 10.7 Å². The quantitative estimate of drug-likeness (QED) is 0.390. The Bertz CT molecular complexity index is 467. The van der Waals surface area contributed by atoms with Gasteiger partial charge >= 0.3 is 0 Å². The van der Waals surface area contributed by atoms with Gasteiger partial charge in [-0.1, -0.05) is 13.3 Å². The number of hydrogen-bond donors (Lipinski definition) is 2. The minimum absolute atomic E-state index is 0. The van der Waals surface area contributed by atoms with Crippen molar-refractivity contribution in [2.24, 2.45) is 10.9 Å². The summed E-state index contributed by atoms with van der Waals surface area (Å²) in [5.41, 5.74) is 1.16. The molecule has 0 saturated heterocycles. The van der Waals surface area contributed by atoms with E-state index < -0.39 is 0 Å². The van der Waals surface area contributed by atoms with Crippen molar-refractivity contribution in [3.05, 3.63) is 15.6 Å². The summed E-state index contributed by atoms with van der Waals surface area (Å²) in [5, 5.41) is 8.09. The van der Waals surface area contributed by atoms with Crippen molar-refractivity contribution in [2.45, 2.75) is 59.4 Å². The average Bonchev–Trinajstić information content (AvgIpc) is 3.08. The Morgan fingerprint density at radius 1 is 1.36 bits per heavy atom. The maximum atomic E-state index is 4.68. The number of guanidine groups is 1. The molecular weight excluding hydrogens is 407 g/mol. The van der Waals surface area contributed by atoms with Crippen LogP contribution in [0.5, 0.6) is 0 Å². The molecule has 0 amide bonds. The average molecular weight is 436 g/mol. The maximum absolute atomic E-state index is 4.68. The number of halogens is 1. The highest BCUT2D eigenvalue weighted by atomic mass is 127. The zero-order valence-corrected chi connectivity index (χ0v) is 17.3. The number of aromatic nitrogens is 1. The fourth-order valence-electron chi connectivity index (χ4n) is 2.52. The van der Waals surface area contributed by atoms with E-state index in [1.807, 2.05) is 0 Å². The lowest BCUT2D eigenvalue weighted by Crippen LogP contribution is -2.39. The Kier molecular flexibility index (Phi) is 8.67. The highest BCUT2D eigenvalue weighted by Crippen LogP contribution is 2.34. The van der Waals surface area contributed by atoms with Gasteiger partial charge in [-0.15, -0.1) is 35.3 Å². The summed E-state index contributed by atoms with van der Waals surface area (Å²) in [4.78, 5) is 10.6. The van der Waals surface area contributed by atoms with Gasteiger partial charge in [0, 0.05) is 30.4 Å². The number of nitrogens with one attached hydrogen (secondary N) is 2. The number of hydrogen-bond acceptors (Lipinski definition) is 3. The van der Waals surface area contributed by atoms with Crippen LogP contribution in [-0.2, 0) is 6.42 Å². The van der Waals surface area contributed by atoms with E-state index in [0.717, 1.165) is 37.1 Å². The molecule has 0 aliphatic heterocycles. The largest absolute Gasteiger partial charge is 0.357 e. The lowest BCUT2D eigenvalue weighted by Gasteiger charge is -2.10. The van der Waals surface area contributed by atoms with E-state index in [1.54, 1.807) is 11.3 Å². The smallest absolute Gasteiger partial charge is 0.191 e. The Labute approximate surface area is 155 Å². The van der Waals surface area contributed by atoms with Gasteiger partial charge in [-0.05, 0) is 39.5 Å². The molecule has 1 fully saturated rings. The molecule has 4 nitrogen and oxygen atoms in total. The molecule has 126 valence electrons. The molecule has 1 aliphatic carbocycles. The molecule has 1 aromatic heterocycles. The second-order valence-electron chi connectivity index (χ2n) is 5.80. The first-order valence-electron chi connectivity index (χ1n) is 8.11. The second-order valence-corrected chi connectivity index (χ2v) is 7.08. The highest BCUT2D eigenvalue weighted by Gasteiger charge is 2.36. The molecule has 1 saturated carbocycles. The van der Waals surface area contributed by atoms with Gasteiger partial charge in [0.1, 0.15) is 0 Å². The van der Waals surface area contributed by atoms with Gasteiger partial charge in [-0.2, -0.15) is 0 Å². The summed E-state index contributed by atoms with van der Waals surface area (Å²) in [6.45, 7) is 10.3. The number of aryl methyl sites for hydroxylation is 2. The monoisotopic (exact) mass is 436 g/mol. The Morgan fingerprint density at radius 3 is 2.73 bits per heavy atom. The molecule has 2 atom stereocenters. The second kappa shape index (κ2) is 9.70. The zero-order valence-electron chi connectivity index (χ0n) is 14.1. The van der Waals surface area contributed by atoms with Gasteiger partial charge < -0.3 is 10.6 Å². The fraction of sp³-hybridized carbons (Fsp3) is 0.750. The molecule has 1 heterocycles. The predicted molar refractivity (Wildman–Crippen MR) is 107 cm³/mol. The van der Waals surface area contributed by atoms with Gasteiger partial charge in [0.2, 0.25) is 0 Å². The molecule has 0 radical (unpaired) electrons. The van der Waals surface area contributed by atoms with Crippen LogP contribution in [0.2, 0.25) is 0 Å². The van der Waals surface area contributed by atoms with Crippen LogP contribution in [-0.4, -0.2) is 30.1 Å². The van der Waals surface area contributed by atoms with Gasteiger partial charge in [-0.25, -0.2) is 4.98 Å². The minimum Gasteiger partial charge on any atom is -0.357 e. The van der Waals surface area contributed by atoms with Crippen molar-refractivity contribution < 1.29 is 0 Å². The molecule has 2 N–H and O–H groups in total. The van der Waals surface area contributed by atoms with E-state index in [4.69, 9.17) is 0 Å². The van der Waals surface area contributed by atoms with Gasteiger partial charge in [0.15, 0.2) is 5.96 Å². The SMILES string of the molecule is CCCC1CC1NC(=NCCc1nc(C)c(C)s1)NCC.I. The third-order valence-electron chi connectivity index (χ3n) is 3.92. The first-order valence-corrected chi connectivity index (χ1v) is 8.93. The summed E-state index contributed by atoms with van der Waals surface area (Å²) in [5.74, 6) is 1.81. The third-order valence-corrected chi connectivity index (χ3v) is 5.05. The number of thiazole rings is 1. The summed E-state index contributed by atoms with van der Waals surface area (Å²) >= 11 is 1.79. The van der Waals surface area contributed by atoms with E-state index >= 15 is 0 Å². The van der Waals surface area contributed by atoms with Crippen molar-refractivity contribution in [3.63, 3.8) is 0 Å². The minimum atomic E-state index is 0. The van der Waals surface area contributed by atoms with E-state index in [2.05, 4.69) is 48.3 Å². The molecule has 1 aromatic rings. The maximum Gasteiger partial charge on any atom is 0.191 e. The number of nitrogens with zero attached hydrogens (tertiary/aromatic N) is 2. The number of rotatable bonds is 7. The van der Waals surface area contributed by atoms with E-state index in [0.29, 0.717) is 6.04 Å². The van der Waals surface area contributed by atoms with Crippen LogP contribution in [0.3, 0.4) is 0 Å². The summed E-state index contributed by atoms with van der Waals surface area (Å²) in [6.07, 6.45) is 4.83. The Hall–Kier alpha value is -0.370. The first kappa shape index (κ1) is 19.7. The van der Waals surface area contributed by atoms with Crippen LogP contribution in [0.25, 0.3) is 0 Å². The van der Waals surface area contributed by atoms with Crippen molar-refractivity contribution in [1.29, 1.82) is 0 Å². The van der Waals surface area contributed by atoms with Gasteiger partial charge in [0.25, 0.3) is 0 Å². The molecule has 6 heteroatoms. The topological polar surface area (TPSA) is 49.3 Å². The Balaban J connectivity index is 0.00000242. The lowest BCUT2D eigenvalue weighted by molar-refractivity contribution is 0.655. The van der Waals surface area contributed by atoms with E-state index in [9.17, 15) is 0 Å². The van der Waals surface area contributed by atoms with Crippen molar-refractivity contribution in [3.8, 4) is 0 Å². The first-order chi connectivity index (χ1) is 10.1. The van der Waals surface area contributed by atoms with Crippen LogP contribution in [0, 0.1) is 19.8 Å². The lowest BCUT2D eigenvalue weighted by atomic mass is 10.2. The van der Waals surface area contributed by atoms with Crippen molar-refractivity contribution in [1.82, 2.24) is 15.6 Å². The fourth-order valence-corrected chi connectivity index (χ4v) is 3.44. The van der Waals surface area contributed by atoms with Crippen LogP contribution in [0.1, 0.15) is 48.7 Å². The molecular formula is C16H29IN4S. The molecule has 0 spiro atoms. The molecule has 1 aliphatic rings. The zero-order chi connectivity index (χ0) is 15.2.